The second-order valence-electron chi connectivity index (χ2n) is 14.1. The summed E-state index contributed by atoms with van der Waals surface area (Å²) < 4.78 is 15.9. The number of nitrogens with zero attached hydrogens (tertiary/aromatic N) is 8. The fourth-order valence-electron chi connectivity index (χ4n) is 8.09. The predicted octanol–water partition coefficient (Wildman–Crippen LogP) is 5.05. The van der Waals surface area contributed by atoms with Crippen molar-refractivity contribution < 1.29 is 18.8 Å². The normalized spacial score (nSPS) is 20.3. The van der Waals surface area contributed by atoms with E-state index in [-0.39, 0.29) is 35.8 Å². The molecular weight excluding hydrogens is 672 g/mol. The molecule has 1 saturated carbocycles. The molecule has 9 rings (SSSR count). The summed E-state index contributed by atoms with van der Waals surface area (Å²) in [5.74, 6) is 4.37. The van der Waals surface area contributed by atoms with Crippen molar-refractivity contribution >= 4 is 34.8 Å². The van der Waals surface area contributed by atoms with Crippen molar-refractivity contribution in [1.82, 2.24) is 29.4 Å². The van der Waals surface area contributed by atoms with Crippen molar-refractivity contribution in [2.75, 3.05) is 42.5 Å². The molecule has 6 heterocycles. The van der Waals surface area contributed by atoms with Gasteiger partial charge >= 0.3 is 0 Å². The van der Waals surface area contributed by atoms with Crippen molar-refractivity contribution in [3.63, 3.8) is 0 Å². The average Bonchev–Trinajstić information content (AvgIpc) is 3.92. The lowest BCUT2D eigenvalue weighted by molar-refractivity contribution is -0.133. The van der Waals surface area contributed by atoms with Crippen LogP contribution in [0, 0.1) is 17.8 Å². The van der Waals surface area contributed by atoms with Crippen LogP contribution in [-0.4, -0.2) is 85.6 Å². The molecule has 3 aliphatic heterocycles. The molecule has 3 fully saturated rings. The number of anilines is 2. The number of amides is 1. The summed E-state index contributed by atoms with van der Waals surface area (Å²) in [6.07, 6.45) is 4.40. The number of pyridine rings is 1. The number of hydrogen-bond acceptors (Lipinski definition) is 9. The number of carbonyl (C=O) groups is 3. The molecule has 2 atom stereocenters. The zero-order chi connectivity index (χ0) is 36.1. The molecular formula is C41H37FN8O3. The molecule has 1 amide bonds. The van der Waals surface area contributed by atoms with Crippen LogP contribution in [0.1, 0.15) is 65.2 Å². The van der Waals surface area contributed by atoms with Gasteiger partial charge in [0.15, 0.2) is 11.4 Å². The van der Waals surface area contributed by atoms with E-state index in [2.05, 4.69) is 31.6 Å². The number of hydrogen-bond donors (Lipinski definition) is 0. The fourth-order valence-corrected chi connectivity index (χ4v) is 8.09. The van der Waals surface area contributed by atoms with E-state index in [1.54, 1.807) is 23.1 Å². The minimum atomic E-state index is -0.528. The summed E-state index contributed by atoms with van der Waals surface area (Å²) >= 11 is 0. The molecule has 11 nitrogen and oxygen atoms in total. The van der Waals surface area contributed by atoms with Gasteiger partial charge in [0.25, 0.3) is 5.91 Å². The van der Waals surface area contributed by atoms with Crippen LogP contribution >= 0.6 is 0 Å². The zero-order valence-corrected chi connectivity index (χ0v) is 29.1. The Morgan fingerprint density at radius 1 is 0.811 bits per heavy atom. The summed E-state index contributed by atoms with van der Waals surface area (Å²) in [6.45, 7) is 4.18. The molecule has 2 aromatic carbocycles. The van der Waals surface area contributed by atoms with E-state index < -0.39 is 6.04 Å². The van der Waals surface area contributed by atoms with Crippen molar-refractivity contribution in [2.24, 2.45) is 0 Å². The number of piperazine rings is 1. The standard InChI is InChI=1S/C41H37FN8O3/c42-30-5-1-4-28(23-30)34-7-3-16-48(34)40-14-13-38-43-25-36(50(38)45-40)33-6-2-8-39(44-33)47-20-18-46(19-21-47)17-15-27-9-11-32-29(22-27)26-49(41(32)53)35-12-10-31(51)24-37(35)52/h1-2,4-6,8-9,11,13-14,22-23,25,34-35H,3,7,10,12,16,18-21,24,26H2/t34-,35?/m1/s1. The predicted molar refractivity (Wildman–Crippen MR) is 197 cm³/mol. The lowest BCUT2D eigenvalue weighted by atomic mass is 9.92. The lowest BCUT2D eigenvalue weighted by Gasteiger charge is -2.33. The SMILES string of the molecule is O=C1CCC(N2Cc3cc(C#CN4CCN(c5cccc(-c6cnc7ccc(N8CCC[C@@H]8c8cccc(F)c8)nn67)n5)CC4)ccc3C2=O)C(=O)C1. The lowest BCUT2D eigenvalue weighted by Crippen LogP contribution is -2.44. The van der Waals surface area contributed by atoms with Gasteiger partial charge < -0.3 is 19.6 Å². The Kier molecular flexibility index (Phi) is 8.33. The number of Topliss-reactive ketones (excluding diaryl/α,β-unsaturated/α-hetero) is 2. The summed E-state index contributed by atoms with van der Waals surface area (Å²) in [6, 6.07) is 25.2. The smallest absolute Gasteiger partial charge is 0.255 e. The maximum atomic E-state index is 14.1. The molecule has 5 aromatic rings. The van der Waals surface area contributed by atoms with E-state index in [0.717, 1.165) is 90.9 Å². The maximum Gasteiger partial charge on any atom is 0.255 e. The van der Waals surface area contributed by atoms with Gasteiger partial charge in [-0.3, -0.25) is 14.4 Å². The van der Waals surface area contributed by atoms with Crippen LogP contribution in [-0.2, 0) is 16.1 Å². The molecule has 2 saturated heterocycles. The van der Waals surface area contributed by atoms with Gasteiger partial charge in [0.05, 0.1) is 30.4 Å². The van der Waals surface area contributed by atoms with Gasteiger partial charge in [-0.2, -0.15) is 0 Å². The number of halogens is 1. The topological polar surface area (TPSA) is 107 Å². The Bertz CT molecular complexity index is 2340. The third-order valence-electron chi connectivity index (χ3n) is 10.8. The number of benzene rings is 2. The van der Waals surface area contributed by atoms with Gasteiger partial charge in [-0.05, 0) is 90.9 Å². The number of fused-ring (bicyclic) bond motifs is 2. The van der Waals surface area contributed by atoms with E-state index >= 15 is 0 Å². The van der Waals surface area contributed by atoms with E-state index in [9.17, 15) is 18.8 Å². The highest BCUT2D eigenvalue weighted by Gasteiger charge is 2.39. The van der Waals surface area contributed by atoms with Crippen LogP contribution in [0.3, 0.4) is 0 Å². The molecule has 266 valence electrons. The largest absolute Gasteiger partial charge is 0.353 e. The Hall–Kier alpha value is -6.09. The zero-order valence-electron chi connectivity index (χ0n) is 29.1. The maximum absolute atomic E-state index is 14.1. The first-order chi connectivity index (χ1) is 25.9. The number of aromatic nitrogens is 4. The van der Waals surface area contributed by atoms with Crippen LogP contribution in [0.4, 0.5) is 16.0 Å². The van der Waals surface area contributed by atoms with Crippen molar-refractivity contribution in [2.45, 2.75) is 50.7 Å². The Morgan fingerprint density at radius 2 is 1.68 bits per heavy atom. The first-order valence-electron chi connectivity index (χ1n) is 18.2. The van der Waals surface area contributed by atoms with Crippen LogP contribution in [0.2, 0.25) is 0 Å². The molecule has 1 unspecified atom stereocenters. The highest BCUT2D eigenvalue weighted by molar-refractivity contribution is 6.07. The molecule has 3 aromatic heterocycles. The van der Waals surface area contributed by atoms with Gasteiger partial charge in [-0.25, -0.2) is 18.9 Å². The molecule has 0 radical (unpaired) electrons. The van der Waals surface area contributed by atoms with Gasteiger partial charge in [0, 0.05) is 62.9 Å². The van der Waals surface area contributed by atoms with E-state index in [1.807, 2.05) is 59.2 Å². The fraction of sp³-hybridized carbons (Fsp3) is 0.317. The summed E-state index contributed by atoms with van der Waals surface area (Å²) in [4.78, 5) is 55.2. The number of carbonyl (C=O) groups excluding carboxylic acids is 3. The first-order valence-corrected chi connectivity index (χ1v) is 18.2. The number of rotatable bonds is 5. The number of ketones is 2. The second-order valence-corrected chi connectivity index (χ2v) is 14.1. The highest BCUT2D eigenvalue weighted by Crippen LogP contribution is 2.36. The minimum absolute atomic E-state index is 0.0507. The van der Waals surface area contributed by atoms with Crippen LogP contribution < -0.4 is 9.80 Å². The summed E-state index contributed by atoms with van der Waals surface area (Å²) in [5.41, 5.74) is 5.55. The van der Waals surface area contributed by atoms with Crippen molar-refractivity contribution in [1.29, 1.82) is 0 Å². The van der Waals surface area contributed by atoms with Crippen molar-refractivity contribution in [3.05, 3.63) is 107 Å². The molecule has 1 aliphatic carbocycles. The van der Waals surface area contributed by atoms with Gasteiger partial charge in [-0.15, -0.1) is 5.10 Å². The third kappa shape index (κ3) is 6.26. The molecule has 0 spiro atoms. The third-order valence-corrected chi connectivity index (χ3v) is 10.8. The average molecular weight is 709 g/mol. The van der Waals surface area contributed by atoms with E-state index in [4.69, 9.17) is 10.1 Å². The Morgan fingerprint density at radius 3 is 2.53 bits per heavy atom. The Balaban J connectivity index is 0.865. The highest BCUT2D eigenvalue weighted by atomic mass is 19.1. The Labute approximate surface area is 306 Å². The molecule has 12 heteroatoms. The van der Waals surface area contributed by atoms with Gasteiger partial charge in [-0.1, -0.05) is 18.2 Å². The summed E-state index contributed by atoms with van der Waals surface area (Å²) in [5, 5.41) is 5.01. The minimum Gasteiger partial charge on any atom is -0.353 e. The molecule has 4 aliphatic rings. The molecule has 0 bridgehead atoms. The van der Waals surface area contributed by atoms with E-state index in [1.165, 1.54) is 6.07 Å². The second kappa shape index (κ2) is 13.5. The van der Waals surface area contributed by atoms with Gasteiger partial charge in [0.1, 0.15) is 28.9 Å². The van der Waals surface area contributed by atoms with Crippen LogP contribution in [0.15, 0.2) is 79.0 Å². The first kappa shape index (κ1) is 32.8. The molecule has 0 N–H and O–H groups in total. The van der Waals surface area contributed by atoms with Crippen LogP contribution in [0.5, 0.6) is 0 Å². The van der Waals surface area contributed by atoms with E-state index in [0.29, 0.717) is 24.9 Å². The van der Waals surface area contributed by atoms with Crippen LogP contribution in [0.25, 0.3) is 17.0 Å². The number of imidazole rings is 1. The quantitative estimate of drug-likeness (QED) is 0.183. The van der Waals surface area contributed by atoms with Crippen molar-refractivity contribution in [3.8, 4) is 23.4 Å². The van der Waals surface area contributed by atoms with Gasteiger partial charge in [0.2, 0.25) is 0 Å². The summed E-state index contributed by atoms with van der Waals surface area (Å²) in [7, 11) is 0. The monoisotopic (exact) mass is 708 g/mol. The molecule has 53 heavy (non-hydrogen) atoms.